The van der Waals surface area contributed by atoms with Gasteiger partial charge in [0.1, 0.15) is 0 Å². The lowest BCUT2D eigenvalue weighted by Crippen LogP contribution is -2.44. The third-order valence-corrected chi connectivity index (χ3v) is 5.63. The van der Waals surface area contributed by atoms with E-state index in [-0.39, 0.29) is 17.6 Å². The third-order valence-electron chi connectivity index (χ3n) is 5.29. The van der Waals surface area contributed by atoms with Crippen LogP contribution < -0.4 is 5.32 Å². The molecule has 156 valence electrons. The average molecular weight is 426 g/mol. The summed E-state index contributed by atoms with van der Waals surface area (Å²) >= 11 is 6.45. The van der Waals surface area contributed by atoms with Gasteiger partial charge in [-0.3, -0.25) is 9.69 Å². The van der Waals surface area contributed by atoms with Crippen LogP contribution in [0.25, 0.3) is 11.3 Å². The Labute approximate surface area is 180 Å². The Hall–Kier alpha value is -2.67. The smallest absolute Gasteiger partial charge is 0.273 e. The second-order valence-corrected chi connectivity index (χ2v) is 7.75. The first kappa shape index (κ1) is 20.6. The predicted molar refractivity (Wildman–Crippen MR) is 116 cm³/mol. The Kier molecular flexibility index (Phi) is 6.47. The summed E-state index contributed by atoms with van der Waals surface area (Å²) in [6, 6.07) is 17.2. The summed E-state index contributed by atoms with van der Waals surface area (Å²) < 4.78 is 10.9. The van der Waals surface area contributed by atoms with E-state index in [2.05, 4.69) is 15.4 Å². The van der Waals surface area contributed by atoms with Crippen molar-refractivity contribution >= 4 is 17.5 Å². The highest BCUT2D eigenvalue weighted by atomic mass is 35.5. The van der Waals surface area contributed by atoms with Crippen molar-refractivity contribution in [3.63, 3.8) is 0 Å². The van der Waals surface area contributed by atoms with Crippen LogP contribution in [0.5, 0.6) is 0 Å². The molecule has 2 aromatic carbocycles. The summed E-state index contributed by atoms with van der Waals surface area (Å²) in [6.45, 7) is 5.33. The number of morpholine rings is 1. The van der Waals surface area contributed by atoms with Crippen molar-refractivity contribution in [1.29, 1.82) is 0 Å². The summed E-state index contributed by atoms with van der Waals surface area (Å²) in [5.74, 6) is 0.290. The lowest BCUT2D eigenvalue weighted by atomic mass is 10.0. The number of hydrogen-bond donors (Lipinski definition) is 1. The number of aryl methyl sites for hydroxylation is 1. The standard InChI is InChI=1S/C23H24ClN3O3/c1-16-6-8-17(9-7-16)22-14-20(26-30-22)23(28)25-15-21(27-10-12-29-13-11-27)18-4-2-3-5-19(18)24/h2-9,14,21H,10-13,15H2,1H3,(H,25,28)/t21-/m0/s1. The molecule has 1 atom stereocenters. The molecule has 30 heavy (non-hydrogen) atoms. The first-order valence-electron chi connectivity index (χ1n) is 10.00. The van der Waals surface area contributed by atoms with Crippen LogP contribution in [0.15, 0.2) is 59.1 Å². The number of nitrogens with zero attached hydrogens (tertiary/aromatic N) is 2. The molecule has 7 heteroatoms. The molecule has 1 amide bonds. The van der Waals surface area contributed by atoms with Gasteiger partial charge >= 0.3 is 0 Å². The SMILES string of the molecule is Cc1ccc(-c2cc(C(=O)NC[C@@H](c3ccccc3Cl)N3CCOCC3)no2)cc1. The molecule has 0 bridgehead atoms. The zero-order valence-electron chi connectivity index (χ0n) is 16.8. The number of aromatic nitrogens is 1. The van der Waals surface area contributed by atoms with Crippen LogP contribution in [-0.4, -0.2) is 48.8 Å². The largest absolute Gasteiger partial charge is 0.379 e. The number of halogens is 1. The van der Waals surface area contributed by atoms with Crippen molar-refractivity contribution in [2.45, 2.75) is 13.0 Å². The zero-order valence-corrected chi connectivity index (χ0v) is 17.6. The highest BCUT2D eigenvalue weighted by Gasteiger charge is 2.25. The minimum atomic E-state index is -0.276. The second-order valence-electron chi connectivity index (χ2n) is 7.34. The van der Waals surface area contributed by atoms with Crippen molar-refractivity contribution in [2.24, 2.45) is 0 Å². The zero-order chi connectivity index (χ0) is 20.9. The molecule has 4 rings (SSSR count). The molecule has 0 spiro atoms. The van der Waals surface area contributed by atoms with Crippen LogP contribution in [0.4, 0.5) is 0 Å². The van der Waals surface area contributed by atoms with E-state index in [0.29, 0.717) is 30.5 Å². The number of benzene rings is 2. The maximum atomic E-state index is 12.7. The first-order valence-corrected chi connectivity index (χ1v) is 10.4. The fourth-order valence-electron chi connectivity index (χ4n) is 3.59. The molecular formula is C23H24ClN3O3. The topological polar surface area (TPSA) is 67.6 Å². The third kappa shape index (κ3) is 4.73. The molecule has 1 aliphatic rings. The molecule has 1 aromatic heterocycles. The van der Waals surface area contributed by atoms with Gasteiger partial charge in [-0.15, -0.1) is 0 Å². The Morgan fingerprint density at radius 1 is 1.17 bits per heavy atom. The molecule has 2 heterocycles. The maximum Gasteiger partial charge on any atom is 0.273 e. The lowest BCUT2D eigenvalue weighted by molar-refractivity contribution is 0.0162. The number of amides is 1. The van der Waals surface area contributed by atoms with E-state index in [4.69, 9.17) is 20.9 Å². The molecule has 1 fully saturated rings. The first-order chi connectivity index (χ1) is 14.6. The molecule has 6 nitrogen and oxygen atoms in total. The van der Waals surface area contributed by atoms with Gasteiger partial charge in [-0.05, 0) is 18.6 Å². The average Bonchev–Trinajstić information content (AvgIpc) is 3.26. The van der Waals surface area contributed by atoms with E-state index < -0.39 is 0 Å². The second kappa shape index (κ2) is 9.43. The number of ether oxygens (including phenoxy) is 1. The van der Waals surface area contributed by atoms with Crippen molar-refractivity contribution in [1.82, 2.24) is 15.4 Å². The van der Waals surface area contributed by atoms with Gasteiger partial charge in [-0.2, -0.15) is 0 Å². The predicted octanol–water partition coefficient (Wildman–Crippen LogP) is 4.11. The number of hydrogen-bond acceptors (Lipinski definition) is 5. The molecule has 3 aromatic rings. The molecule has 0 aliphatic carbocycles. The quantitative estimate of drug-likeness (QED) is 0.643. The van der Waals surface area contributed by atoms with E-state index in [0.717, 1.165) is 29.8 Å². The lowest BCUT2D eigenvalue weighted by Gasteiger charge is -2.35. The van der Waals surface area contributed by atoms with Gasteiger partial charge in [0.05, 0.1) is 19.3 Å². The Morgan fingerprint density at radius 3 is 2.63 bits per heavy atom. The van der Waals surface area contributed by atoms with Crippen molar-refractivity contribution in [3.8, 4) is 11.3 Å². The summed E-state index contributed by atoms with van der Waals surface area (Å²) in [4.78, 5) is 15.0. The Balaban J connectivity index is 1.47. The molecule has 0 saturated carbocycles. The van der Waals surface area contributed by atoms with Gasteiger partial charge in [0.15, 0.2) is 11.5 Å². The monoisotopic (exact) mass is 425 g/mol. The Morgan fingerprint density at radius 2 is 1.90 bits per heavy atom. The Bertz CT molecular complexity index is 997. The summed E-state index contributed by atoms with van der Waals surface area (Å²) in [5.41, 5.74) is 3.28. The van der Waals surface area contributed by atoms with Crippen LogP contribution in [-0.2, 0) is 4.74 Å². The number of carbonyl (C=O) groups excluding carboxylic acids is 1. The maximum absolute atomic E-state index is 12.7. The molecule has 1 aliphatic heterocycles. The minimum absolute atomic E-state index is 0.0463. The molecule has 1 saturated heterocycles. The van der Waals surface area contributed by atoms with E-state index in [9.17, 15) is 4.79 Å². The molecule has 0 unspecified atom stereocenters. The van der Waals surface area contributed by atoms with Crippen molar-refractivity contribution in [2.75, 3.05) is 32.8 Å². The van der Waals surface area contributed by atoms with E-state index in [1.54, 1.807) is 6.07 Å². The van der Waals surface area contributed by atoms with Crippen LogP contribution in [0.1, 0.15) is 27.7 Å². The van der Waals surface area contributed by atoms with Crippen LogP contribution in [0.3, 0.4) is 0 Å². The van der Waals surface area contributed by atoms with Gasteiger partial charge in [-0.25, -0.2) is 0 Å². The molecule has 1 N–H and O–H groups in total. The molecule has 0 radical (unpaired) electrons. The van der Waals surface area contributed by atoms with Gasteiger partial charge in [-0.1, -0.05) is 64.8 Å². The normalized spacial score (nSPS) is 15.7. The van der Waals surface area contributed by atoms with Gasteiger partial charge in [0.25, 0.3) is 5.91 Å². The summed E-state index contributed by atoms with van der Waals surface area (Å²) in [6.07, 6.45) is 0. The van der Waals surface area contributed by atoms with Crippen molar-refractivity contribution < 1.29 is 14.1 Å². The van der Waals surface area contributed by atoms with Gasteiger partial charge in [0, 0.05) is 36.3 Å². The number of rotatable bonds is 6. The van der Waals surface area contributed by atoms with E-state index in [1.807, 2.05) is 55.5 Å². The van der Waals surface area contributed by atoms with Gasteiger partial charge in [0.2, 0.25) is 0 Å². The fraction of sp³-hybridized carbons (Fsp3) is 0.304. The number of carbonyl (C=O) groups is 1. The van der Waals surface area contributed by atoms with Gasteiger partial charge < -0.3 is 14.6 Å². The van der Waals surface area contributed by atoms with Crippen LogP contribution >= 0.6 is 11.6 Å². The highest BCUT2D eigenvalue weighted by Crippen LogP contribution is 2.28. The fourth-order valence-corrected chi connectivity index (χ4v) is 3.85. The van der Waals surface area contributed by atoms with Crippen LogP contribution in [0, 0.1) is 6.92 Å². The minimum Gasteiger partial charge on any atom is -0.379 e. The van der Waals surface area contributed by atoms with Crippen LogP contribution in [0.2, 0.25) is 5.02 Å². The van der Waals surface area contributed by atoms with Crippen molar-refractivity contribution in [3.05, 3.63) is 76.4 Å². The molecular weight excluding hydrogens is 402 g/mol. The number of nitrogens with one attached hydrogen (secondary N) is 1. The summed E-state index contributed by atoms with van der Waals surface area (Å²) in [5, 5.41) is 7.63. The summed E-state index contributed by atoms with van der Waals surface area (Å²) in [7, 11) is 0. The van der Waals surface area contributed by atoms with E-state index >= 15 is 0 Å². The van der Waals surface area contributed by atoms with E-state index in [1.165, 1.54) is 0 Å². The highest BCUT2D eigenvalue weighted by molar-refractivity contribution is 6.31.